The first-order valence-corrected chi connectivity index (χ1v) is 6.63. The van der Waals surface area contributed by atoms with Crippen LogP contribution in [-0.4, -0.2) is 44.0 Å². The topological polar surface area (TPSA) is 52.6 Å². The van der Waals surface area contributed by atoms with Gasteiger partial charge < -0.3 is 19.5 Å². The SMILES string of the molecule is COc1cc(C)nc(COCC2CNCC(C)O2)c1. The standard InChI is InChI=1S/C14H22N2O3/c1-10-4-13(17-3)5-12(16-10)8-18-9-14-7-15-6-11(2)19-14/h4-5,11,14-15H,6-9H2,1-3H3. The normalized spacial score (nSPS) is 23.3. The summed E-state index contributed by atoms with van der Waals surface area (Å²) in [5.41, 5.74) is 1.82. The molecule has 0 bridgehead atoms. The molecule has 2 atom stereocenters. The zero-order valence-corrected chi connectivity index (χ0v) is 11.8. The molecular weight excluding hydrogens is 244 g/mol. The first-order chi connectivity index (χ1) is 9.17. The van der Waals surface area contributed by atoms with Gasteiger partial charge in [-0.25, -0.2) is 0 Å². The average Bonchev–Trinajstić information content (AvgIpc) is 2.38. The number of hydrogen-bond donors (Lipinski definition) is 1. The van der Waals surface area contributed by atoms with Gasteiger partial charge in [0.15, 0.2) is 0 Å². The largest absolute Gasteiger partial charge is 0.497 e. The van der Waals surface area contributed by atoms with Gasteiger partial charge in [-0.1, -0.05) is 0 Å². The second-order valence-electron chi connectivity index (χ2n) is 4.88. The molecule has 1 aromatic rings. The van der Waals surface area contributed by atoms with Crippen molar-refractivity contribution in [3.63, 3.8) is 0 Å². The van der Waals surface area contributed by atoms with E-state index in [4.69, 9.17) is 14.2 Å². The molecule has 2 heterocycles. The average molecular weight is 266 g/mol. The quantitative estimate of drug-likeness (QED) is 0.870. The molecule has 5 nitrogen and oxygen atoms in total. The van der Waals surface area contributed by atoms with Crippen LogP contribution in [0.25, 0.3) is 0 Å². The van der Waals surface area contributed by atoms with E-state index < -0.39 is 0 Å². The molecule has 0 aromatic carbocycles. The fourth-order valence-electron chi connectivity index (χ4n) is 2.16. The van der Waals surface area contributed by atoms with Gasteiger partial charge >= 0.3 is 0 Å². The van der Waals surface area contributed by atoms with Crippen molar-refractivity contribution in [3.8, 4) is 5.75 Å². The summed E-state index contributed by atoms with van der Waals surface area (Å²) in [6, 6.07) is 3.80. The molecule has 5 heteroatoms. The summed E-state index contributed by atoms with van der Waals surface area (Å²) in [6.45, 7) is 6.82. The molecule has 106 valence electrons. The Bertz CT molecular complexity index is 412. The van der Waals surface area contributed by atoms with E-state index in [1.165, 1.54) is 0 Å². The maximum atomic E-state index is 5.76. The van der Waals surface area contributed by atoms with Crippen LogP contribution in [0.2, 0.25) is 0 Å². The van der Waals surface area contributed by atoms with Crippen LogP contribution in [0.4, 0.5) is 0 Å². The van der Waals surface area contributed by atoms with Crippen molar-refractivity contribution in [2.24, 2.45) is 0 Å². The van der Waals surface area contributed by atoms with Gasteiger partial charge in [-0.3, -0.25) is 4.98 Å². The van der Waals surface area contributed by atoms with E-state index in [-0.39, 0.29) is 12.2 Å². The lowest BCUT2D eigenvalue weighted by Crippen LogP contribution is -2.45. The second kappa shape index (κ2) is 6.84. The van der Waals surface area contributed by atoms with E-state index in [1.807, 2.05) is 19.1 Å². The second-order valence-corrected chi connectivity index (χ2v) is 4.88. The summed E-state index contributed by atoms with van der Waals surface area (Å²) in [5.74, 6) is 0.815. The molecule has 0 saturated carbocycles. The highest BCUT2D eigenvalue weighted by Gasteiger charge is 2.18. The van der Waals surface area contributed by atoms with Gasteiger partial charge in [0, 0.05) is 30.9 Å². The number of morpholine rings is 1. The number of nitrogens with zero attached hydrogens (tertiary/aromatic N) is 1. The fourth-order valence-corrected chi connectivity index (χ4v) is 2.16. The lowest BCUT2D eigenvalue weighted by Gasteiger charge is -2.28. The Balaban J connectivity index is 1.80. The first kappa shape index (κ1) is 14.2. The number of ether oxygens (including phenoxy) is 3. The molecule has 2 rings (SSSR count). The van der Waals surface area contributed by atoms with Crippen molar-refractivity contribution in [2.75, 3.05) is 26.8 Å². The van der Waals surface area contributed by atoms with Crippen LogP contribution < -0.4 is 10.1 Å². The summed E-state index contributed by atoms with van der Waals surface area (Å²) >= 11 is 0. The van der Waals surface area contributed by atoms with Crippen molar-refractivity contribution >= 4 is 0 Å². The number of hydrogen-bond acceptors (Lipinski definition) is 5. The minimum Gasteiger partial charge on any atom is -0.497 e. The maximum Gasteiger partial charge on any atom is 0.122 e. The van der Waals surface area contributed by atoms with Crippen LogP contribution in [0.5, 0.6) is 5.75 Å². The summed E-state index contributed by atoms with van der Waals surface area (Å²) in [6.07, 6.45) is 0.370. The molecule has 1 aliphatic rings. The van der Waals surface area contributed by atoms with Gasteiger partial charge in [0.1, 0.15) is 5.75 Å². The van der Waals surface area contributed by atoms with Crippen LogP contribution in [0.15, 0.2) is 12.1 Å². The monoisotopic (exact) mass is 266 g/mol. The third-order valence-electron chi connectivity index (χ3n) is 3.00. The number of pyridine rings is 1. The van der Waals surface area contributed by atoms with Crippen molar-refractivity contribution in [1.29, 1.82) is 0 Å². The predicted octanol–water partition coefficient (Wildman–Crippen LogP) is 1.29. The van der Waals surface area contributed by atoms with Gasteiger partial charge in [-0.15, -0.1) is 0 Å². The Morgan fingerprint density at radius 1 is 1.42 bits per heavy atom. The van der Waals surface area contributed by atoms with Gasteiger partial charge in [0.2, 0.25) is 0 Å². The first-order valence-electron chi connectivity index (χ1n) is 6.63. The van der Waals surface area contributed by atoms with Gasteiger partial charge in [-0.2, -0.15) is 0 Å². The zero-order chi connectivity index (χ0) is 13.7. The molecule has 1 aliphatic heterocycles. The molecule has 2 unspecified atom stereocenters. The minimum atomic E-state index is 0.121. The van der Waals surface area contributed by atoms with Crippen LogP contribution in [0.1, 0.15) is 18.3 Å². The van der Waals surface area contributed by atoms with E-state index in [0.717, 1.165) is 30.2 Å². The Morgan fingerprint density at radius 3 is 3.00 bits per heavy atom. The van der Waals surface area contributed by atoms with Crippen LogP contribution in [0.3, 0.4) is 0 Å². The van der Waals surface area contributed by atoms with Crippen LogP contribution in [0, 0.1) is 6.92 Å². The van der Waals surface area contributed by atoms with E-state index in [0.29, 0.717) is 13.2 Å². The molecule has 1 N–H and O–H groups in total. The third kappa shape index (κ3) is 4.45. The van der Waals surface area contributed by atoms with Crippen LogP contribution >= 0.6 is 0 Å². The fraction of sp³-hybridized carbons (Fsp3) is 0.643. The maximum absolute atomic E-state index is 5.76. The molecule has 19 heavy (non-hydrogen) atoms. The summed E-state index contributed by atoms with van der Waals surface area (Å²) in [5, 5.41) is 3.32. The number of aryl methyl sites for hydroxylation is 1. The van der Waals surface area contributed by atoms with Crippen molar-refractivity contribution in [3.05, 3.63) is 23.5 Å². The van der Waals surface area contributed by atoms with Crippen molar-refractivity contribution in [1.82, 2.24) is 10.3 Å². The number of rotatable bonds is 5. The van der Waals surface area contributed by atoms with Crippen LogP contribution in [-0.2, 0) is 16.1 Å². The highest BCUT2D eigenvalue weighted by molar-refractivity contribution is 5.26. The molecule has 0 aliphatic carbocycles. The molecule has 0 spiro atoms. The van der Waals surface area contributed by atoms with Gasteiger partial charge in [-0.05, 0) is 13.8 Å². The van der Waals surface area contributed by atoms with Crippen molar-refractivity contribution in [2.45, 2.75) is 32.7 Å². The predicted molar refractivity (Wildman–Crippen MR) is 72.4 cm³/mol. The number of nitrogens with one attached hydrogen (secondary N) is 1. The van der Waals surface area contributed by atoms with E-state index in [9.17, 15) is 0 Å². The molecule has 1 fully saturated rings. The van der Waals surface area contributed by atoms with E-state index in [1.54, 1.807) is 7.11 Å². The Kier molecular flexibility index (Phi) is 5.13. The highest BCUT2D eigenvalue weighted by atomic mass is 16.5. The zero-order valence-electron chi connectivity index (χ0n) is 11.8. The number of methoxy groups -OCH3 is 1. The lowest BCUT2D eigenvalue weighted by molar-refractivity contribution is -0.0720. The van der Waals surface area contributed by atoms with Gasteiger partial charge in [0.05, 0.1) is 38.2 Å². The van der Waals surface area contributed by atoms with Crippen molar-refractivity contribution < 1.29 is 14.2 Å². The molecule has 1 aromatic heterocycles. The van der Waals surface area contributed by atoms with Gasteiger partial charge in [0.25, 0.3) is 0 Å². The van der Waals surface area contributed by atoms with E-state index in [2.05, 4.69) is 17.2 Å². The highest BCUT2D eigenvalue weighted by Crippen LogP contribution is 2.14. The summed E-state index contributed by atoms with van der Waals surface area (Å²) in [4.78, 5) is 4.42. The molecule has 1 saturated heterocycles. The third-order valence-corrected chi connectivity index (χ3v) is 3.00. The minimum absolute atomic E-state index is 0.121. The molecule has 0 radical (unpaired) electrons. The molecular formula is C14H22N2O3. The lowest BCUT2D eigenvalue weighted by atomic mass is 10.2. The Morgan fingerprint density at radius 2 is 2.26 bits per heavy atom. The Hall–Kier alpha value is -1.17. The Labute approximate surface area is 114 Å². The van der Waals surface area contributed by atoms with E-state index >= 15 is 0 Å². The summed E-state index contributed by atoms with van der Waals surface area (Å²) in [7, 11) is 1.66. The summed E-state index contributed by atoms with van der Waals surface area (Å²) < 4.78 is 16.7. The smallest absolute Gasteiger partial charge is 0.122 e. The number of aromatic nitrogens is 1. The molecule has 0 amide bonds.